The molecule has 10 heteroatoms. The Hall–Kier alpha value is -3.16. The summed E-state index contributed by atoms with van der Waals surface area (Å²) in [7, 11) is -7.16. The fraction of sp³-hybridized carbons (Fsp3) is 0.158. The highest BCUT2D eigenvalue weighted by molar-refractivity contribution is 7.96. The first-order chi connectivity index (χ1) is 13.7. The molecule has 4 rings (SSSR count). The number of sulfone groups is 2. The summed E-state index contributed by atoms with van der Waals surface area (Å²) in [4.78, 5) is 8.70. The first-order valence-electron chi connectivity index (χ1n) is 8.46. The third-order valence-electron chi connectivity index (χ3n) is 4.31. The molecule has 0 fully saturated rings. The summed E-state index contributed by atoms with van der Waals surface area (Å²) < 4.78 is 58.9. The highest BCUT2D eigenvalue weighted by Crippen LogP contribution is 2.24. The van der Waals surface area contributed by atoms with Gasteiger partial charge in [0.15, 0.2) is 21.0 Å². The van der Waals surface area contributed by atoms with Crippen molar-refractivity contribution < 1.29 is 25.7 Å². The molecule has 0 N–H and O–H groups in total. The standard InChI is InChI=1S/C19H14N2O6S2/c1-3-28(22,23)12-5-7-16-14(9-12)20-18(26-16)11-19-21-15-10-13(29(24,25)4-2)6-8-17(15)27-19/h1,5-10H,4,11H2,2H3. The molecule has 29 heavy (non-hydrogen) atoms. The van der Waals surface area contributed by atoms with Gasteiger partial charge in [-0.1, -0.05) is 6.92 Å². The fourth-order valence-corrected chi connectivity index (χ4v) is 4.34. The lowest BCUT2D eigenvalue weighted by Crippen LogP contribution is -2.03. The Bertz CT molecular complexity index is 1510. The van der Waals surface area contributed by atoms with Gasteiger partial charge in [0.1, 0.15) is 17.5 Å². The van der Waals surface area contributed by atoms with E-state index >= 15 is 0 Å². The van der Waals surface area contributed by atoms with Crippen LogP contribution in [0.3, 0.4) is 0 Å². The predicted octanol–water partition coefficient (Wildman–Crippen LogP) is 2.72. The van der Waals surface area contributed by atoms with Crippen LogP contribution in [-0.2, 0) is 26.1 Å². The third-order valence-corrected chi connectivity index (χ3v) is 7.23. The molecule has 8 nitrogen and oxygen atoms in total. The van der Waals surface area contributed by atoms with E-state index in [1.165, 1.54) is 30.3 Å². The molecule has 0 saturated carbocycles. The number of nitrogens with zero attached hydrogens (tertiary/aromatic N) is 2. The van der Waals surface area contributed by atoms with Crippen LogP contribution >= 0.6 is 0 Å². The summed E-state index contributed by atoms with van der Waals surface area (Å²) >= 11 is 0. The van der Waals surface area contributed by atoms with E-state index in [-0.39, 0.29) is 33.7 Å². The van der Waals surface area contributed by atoms with Crippen molar-refractivity contribution in [1.82, 2.24) is 9.97 Å². The smallest absolute Gasteiger partial charge is 0.245 e. The van der Waals surface area contributed by atoms with E-state index in [4.69, 9.17) is 15.3 Å². The Morgan fingerprint density at radius 1 is 0.897 bits per heavy atom. The van der Waals surface area contributed by atoms with Crippen LogP contribution < -0.4 is 0 Å². The van der Waals surface area contributed by atoms with Gasteiger partial charge in [-0.3, -0.25) is 0 Å². The summed E-state index contributed by atoms with van der Waals surface area (Å²) in [6.07, 6.45) is 5.14. The molecule has 0 aliphatic heterocycles. The van der Waals surface area contributed by atoms with E-state index in [9.17, 15) is 16.8 Å². The van der Waals surface area contributed by atoms with Crippen LogP contribution in [0.2, 0.25) is 0 Å². The lowest BCUT2D eigenvalue weighted by atomic mass is 10.3. The zero-order chi connectivity index (χ0) is 20.8. The maximum atomic E-state index is 12.0. The van der Waals surface area contributed by atoms with E-state index in [2.05, 4.69) is 9.97 Å². The van der Waals surface area contributed by atoms with Crippen LogP contribution in [0.25, 0.3) is 22.2 Å². The number of hydrogen-bond acceptors (Lipinski definition) is 8. The second-order valence-corrected chi connectivity index (χ2v) is 10.2. The Labute approximate surface area is 166 Å². The number of aromatic nitrogens is 2. The van der Waals surface area contributed by atoms with Crippen LogP contribution in [0.5, 0.6) is 0 Å². The fourth-order valence-electron chi connectivity index (χ4n) is 2.79. The highest BCUT2D eigenvalue weighted by Gasteiger charge is 2.17. The van der Waals surface area contributed by atoms with E-state index < -0.39 is 19.7 Å². The Morgan fingerprint density at radius 3 is 1.93 bits per heavy atom. The molecule has 0 radical (unpaired) electrons. The number of rotatable bonds is 5. The topological polar surface area (TPSA) is 120 Å². The average molecular weight is 430 g/mol. The molecule has 2 aromatic heterocycles. The van der Waals surface area contributed by atoms with Crippen LogP contribution in [-0.4, -0.2) is 32.6 Å². The van der Waals surface area contributed by atoms with Gasteiger partial charge >= 0.3 is 0 Å². The monoisotopic (exact) mass is 430 g/mol. The summed E-state index contributed by atoms with van der Waals surface area (Å²) in [6.45, 7) is 1.57. The van der Waals surface area contributed by atoms with E-state index in [1.807, 2.05) is 0 Å². The number of oxazole rings is 2. The van der Waals surface area contributed by atoms with Crippen molar-refractivity contribution in [2.45, 2.75) is 23.1 Å². The molecule has 2 aromatic carbocycles. The van der Waals surface area contributed by atoms with Crippen molar-refractivity contribution >= 4 is 41.9 Å². The second kappa shape index (κ2) is 6.72. The van der Waals surface area contributed by atoms with Crippen LogP contribution in [0.4, 0.5) is 0 Å². The van der Waals surface area contributed by atoms with Gasteiger partial charge in [0.05, 0.1) is 15.5 Å². The lowest BCUT2D eigenvalue weighted by Gasteiger charge is -1.99. The Morgan fingerprint density at radius 2 is 1.41 bits per heavy atom. The molecule has 0 unspecified atom stereocenters. The summed E-state index contributed by atoms with van der Waals surface area (Å²) in [5.41, 5.74) is 1.58. The zero-order valence-electron chi connectivity index (χ0n) is 15.1. The van der Waals surface area contributed by atoms with Crippen molar-refractivity contribution in [3.63, 3.8) is 0 Å². The van der Waals surface area contributed by atoms with Crippen molar-refractivity contribution in [2.24, 2.45) is 0 Å². The Kier molecular flexibility index (Phi) is 4.44. The number of benzene rings is 2. The first kappa shape index (κ1) is 19.2. The average Bonchev–Trinajstić information content (AvgIpc) is 3.29. The van der Waals surface area contributed by atoms with Gasteiger partial charge in [0, 0.05) is 5.25 Å². The van der Waals surface area contributed by atoms with Gasteiger partial charge in [-0.15, -0.1) is 6.42 Å². The first-order valence-corrected chi connectivity index (χ1v) is 11.6. The molecule has 148 valence electrons. The largest absolute Gasteiger partial charge is 0.440 e. The molecular formula is C19H14N2O6S2. The minimum Gasteiger partial charge on any atom is -0.440 e. The molecule has 0 saturated heterocycles. The van der Waals surface area contributed by atoms with Gasteiger partial charge < -0.3 is 8.83 Å². The lowest BCUT2D eigenvalue weighted by molar-refractivity contribution is 0.488. The van der Waals surface area contributed by atoms with Crippen molar-refractivity contribution in [2.75, 3.05) is 5.75 Å². The summed E-state index contributed by atoms with van der Waals surface area (Å²) in [5, 5.41) is 1.75. The third kappa shape index (κ3) is 3.50. The molecule has 0 amide bonds. The van der Waals surface area contributed by atoms with Gasteiger partial charge in [0.2, 0.25) is 21.6 Å². The van der Waals surface area contributed by atoms with E-state index in [0.717, 1.165) is 0 Å². The number of hydrogen-bond donors (Lipinski definition) is 0. The highest BCUT2D eigenvalue weighted by atomic mass is 32.2. The molecule has 0 aliphatic rings. The summed E-state index contributed by atoms with van der Waals surface area (Å²) in [5.74, 6) is 0.543. The van der Waals surface area contributed by atoms with Crippen LogP contribution in [0, 0.1) is 11.7 Å². The minimum absolute atomic E-state index is 0.0104. The van der Waals surface area contributed by atoms with Crippen molar-refractivity contribution in [3.8, 4) is 11.7 Å². The normalized spacial score (nSPS) is 12.4. The number of terminal acetylenes is 1. The zero-order valence-corrected chi connectivity index (χ0v) is 16.7. The van der Waals surface area contributed by atoms with Crippen molar-refractivity contribution in [3.05, 3.63) is 48.2 Å². The SMILES string of the molecule is C#CS(=O)(=O)c1ccc2oc(Cc3nc4cc(S(=O)(=O)CC)ccc4o3)nc2c1. The van der Waals surface area contributed by atoms with Gasteiger partial charge in [0.25, 0.3) is 0 Å². The summed E-state index contributed by atoms with van der Waals surface area (Å²) in [6, 6.07) is 8.65. The maximum absolute atomic E-state index is 12.0. The molecule has 0 atom stereocenters. The maximum Gasteiger partial charge on any atom is 0.245 e. The molecule has 4 aromatic rings. The second-order valence-electron chi connectivity index (χ2n) is 6.18. The molecular weight excluding hydrogens is 416 g/mol. The van der Waals surface area contributed by atoms with E-state index in [0.29, 0.717) is 22.2 Å². The molecule has 0 spiro atoms. The van der Waals surface area contributed by atoms with Gasteiger partial charge in [-0.25, -0.2) is 26.8 Å². The quantitative estimate of drug-likeness (QED) is 0.350. The number of fused-ring (bicyclic) bond motifs is 2. The van der Waals surface area contributed by atoms with Crippen LogP contribution in [0.1, 0.15) is 18.7 Å². The predicted molar refractivity (Wildman–Crippen MR) is 105 cm³/mol. The van der Waals surface area contributed by atoms with Gasteiger partial charge in [-0.2, -0.15) is 0 Å². The minimum atomic E-state index is -3.81. The molecule has 2 heterocycles. The van der Waals surface area contributed by atoms with Gasteiger partial charge in [-0.05, 0) is 36.4 Å². The molecule has 0 aliphatic carbocycles. The Balaban J connectivity index is 1.67. The molecule has 0 bridgehead atoms. The van der Waals surface area contributed by atoms with Crippen molar-refractivity contribution in [1.29, 1.82) is 0 Å². The van der Waals surface area contributed by atoms with Crippen LogP contribution in [0.15, 0.2) is 55.0 Å². The van der Waals surface area contributed by atoms with E-state index in [1.54, 1.807) is 18.2 Å².